The minimum atomic E-state index is 0.810. The molecule has 2 aromatic heterocycles. The normalized spacial score (nSPS) is 11.5. The molecule has 0 unspecified atom stereocenters. The summed E-state index contributed by atoms with van der Waals surface area (Å²) in [5.74, 6) is 1.87. The summed E-state index contributed by atoms with van der Waals surface area (Å²) in [4.78, 5) is 14.2. The average molecular weight is 306 g/mol. The topological polar surface area (TPSA) is 41.1 Å². The number of rotatable bonds is 7. The highest BCUT2D eigenvalue weighted by atomic mass is 32.1. The number of hydrogen-bond acceptors (Lipinski definition) is 5. The van der Waals surface area contributed by atoms with Crippen molar-refractivity contribution in [3.63, 3.8) is 0 Å². The smallest absolute Gasteiger partial charge is 0.146 e. The second-order valence-corrected chi connectivity index (χ2v) is 6.85. The second kappa shape index (κ2) is 7.18. The first kappa shape index (κ1) is 16.2. The van der Waals surface area contributed by atoms with Crippen LogP contribution in [0.2, 0.25) is 0 Å². The van der Waals surface area contributed by atoms with E-state index >= 15 is 0 Å². The number of aromatic nitrogens is 2. The van der Waals surface area contributed by atoms with E-state index in [1.54, 1.807) is 11.3 Å². The van der Waals surface area contributed by atoms with E-state index in [4.69, 9.17) is 9.97 Å². The Bertz CT molecular complexity index is 606. The first-order valence-corrected chi connectivity index (χ1v) is 8.51. The van der Waals surface area contributed by atoms with Gasteiger partial charge in [-0.15, -0.1) is 11.3 Å². The Morgan fingerprint density at radius 3 is 2.62 bits per heavy atom. The van der Waals surface area contributed by atoms with Gasteiger partial charge < -0.3 is 5.32 Å². The van der Waals surface area contributed by atoms with E-state index in [-0.39, 0.29) is 0 Å². The standard InChI is InChI=1S/C16H26N4S/c1-6-7-8-9-20(5)10-13-18-15(17-4)14-11(2)12(3)21-16(14)19-13/h6-10H2,1-5H3,(H,17,18,19). The maximum atomic E-state index is 4.76. The highest BCUT2D eigenvalue weighted by Gasteiger charge is 2.14. The van der Waals surface area contributed by atoms with Gasteiger partial charge in [0.1, 0.15) is 16.5 Å². The monoisotopic (exact) mass is 306 g/mol. The van der Waals surface area contributed by atoms with Crippen LogP contribution in [0.5, 0.6) is 0 Å². The third-order valence-electron chi connectivity index (χ3n) is 3.87. The Balaban J connectivity index is 2.21. The van der Waals surface area contributed by atoms with Gasteiger partial charge in [-0.3, -0.25) is 4.90 Å². The van der Waals surface area contributed by atoms with Crippen molar-refractivity contribution >= 4 is 27.4 Å². The van der Waals surface area contributed by atoms with E-state index in [0.29, 0.717) is 0 Å². The van der Waals surface area contributed by atoms with Gasteiger partial charge in [-0.05, 0) is 39.4 Å². The number of aryl methyl sites for hydroxylation is 2. The molecule has 116 valence electrons. The Morgan fingerprint density at radius 1 is 1.19 bits per heavy atom. The number of nitrogens with one attached hydrogen (secondary N) is 1. The number of hydrogen-bond donors (Lipinski definition) is 1. The summed E-state index contributed by atoms with van der Waals surface area (Å²) in [5, 5.41) is 4.41. The number of nitrogens with zero attached hydrogens (tertiary/aromatic N) is 3. The van der Waals surface area contributed by atoms with Crippen LogP contribution in [-0.2, 0) is 6.54 Å². The Kier molecular flexibility index (Phi) is 5.53. The molecule has 0 fully saturated rings. The lowest BCUT2D eigenvalue weighted by molar-refractivity contribution is 0.311. The maximum absolute atomic E-state index is 4.76. The van der Waals surface area contributed by atoms with Crippen LogP contribution in [0.3, 0.4) is 0 Å². The number of fused-ring (bicyclic) bond motifs is 1. The summed E-state index contributed by atoms with van der Waals surface area (Å²) >= 11 is 1.76. The first-order chi connectivity index (χ1) is 10.1. The molecule has 0 aliphatic rings. The summed E-state index contributed by atoms with van der Waals surface area (Å²) in [6.07, 6.45) is 3.79. The molecular weight excluding hydrogens is 280 g/mol. The van der Waals surface area contributed by atoms with Gasteiger partial charge in [0, 0.05) is 11.9 Å². The van der Waals surface area contributed by atoms with Gasteiger partial charge in [0.15, 0.2) is 0 Å². The summed E-state index contributed by atoms with van der Waals surface area (Å²) in [6, 6.07) is 0. The van der Waals surface area contributed by atoms with Crippen LogP contribution in [-0.4, -0.2) is 35.5 Å². The molecule has 2 aromatic rings. The van der Waals surface area contributed by atoms with Crippen molar-refractivity contribution in [2.75, 3.05) is 26.0 Å². The van der Waals surface area contributed by atoms with Crippen LogP contribution in [0.15, 0.2) is 0 Å². The first-order valence-electron chi connectivity index (χ1n) is 7.69. The molecule has 0 bridgehead atoms. The van der Waals surface area contributed by atoms with Crippen molar-refractivity contribution in [1.29, 1.82) is 0 Å². The van der Waals surface area contributed by atoms with Crippen LogP contribution in [0, 0.1) is 13.8 Å². The molecule has 21 heavy (non-hydrogen) atoms. The molecule has 2 heterocycles. The molecule has 2 rings (SSSR count). The van der Waals surface area contributed by atoms with Crippen LogP contribution >= 0.6 is 11.3 Å². The third kappa shape index (κ3) is 3.71. The van der Waals surface area contributed by atoms with E-state index in [1.165, 1.54) is 35.1 Å². The number of anilines is 1. The Hall–Kier alpha value is -1.20. The molecule has 0 radical (unpaired) electrons. The molecule has 0 aromatic carbocycles. The minimum absolute atomic E-state index is 0.810. The fraction of sp³-hybridized carbons (Fsp3) is 0.625. The Morgan fingerprint density at radius 2 is 1.95 bits per heavy atom. The van der Waals surface area contributed by atoms with Crippen molar-refractivity contribution in [2.45, 2.75) is 46.6 Å². The van der Waals surface area contributed by atoms with Crippen LogP contribution in [0.25, 0.3) is 10.2 Å². The summed E-state index contributed by atoms with van der Waals surface area (Å²) in [6.45, 7) is 8.45. The van der Waals surface area contributed by atoms with E-state index < -0.39 is 0 Å². The van der Waals surface area contributed by atoms with Crippen molar-refractivity contribution in [1.82, 2.24) is 14.9 Å². The van der Waals surface area contributed by atoms with Crippen LogP contribution in [0.4, 0.5) is 5.82 Å². The Labute approximate surface area is 131 Å². The van der Waals surface area contributed by atoms with Crippen molar-refractivity contribution in [2.24, 2.45) is 0 Å². The van der Waals surface area contributed by atoms with E-state index in [0.717, 1.165) is 29.6 Å². The SMILES string of the molecule is CCCCCN(C)Cc1nc(NC)c2c(C)c(C)sc2n1. The van der Waals surface area contributed by atoms with Crippen LogP contribution in [0.1, 0.15) is 42.5 Å². The van der Waals surface area contributed by atoms with E-state index in [9.17, 15) is 0 Å². The summed E-state index contributed by atoms with van der Waals surface area (Å²) < 4.78 is 0. The molecular formula is C16H26N4S. The van der Waals surface area contributed by atoms with E-state index in [2.05, 4.69) is 38.0 Å². The molecule has 1 N–H and O–H groups in total. The molecule has 0 amide bonds. The fourth-order valence-electron chi connectivity index (χ4n) is 2.50. The lowest BCUT2D eigenvalue weighted by atomic mass is 10.2. The zero-order valence-corrected chi connectivity index (χ0v) is 14.6. The van der Waals surface area contributed by atoms with Gasteiger partial charge >= 0.3 is 0 Å². The quantitative estimate of drug-likeness (QED) is 0.786. The molecule has 0 spiro atoms. The molecule has 5 heteroatoms. The lowest BCUT2D eigenvalue weighted by Crippen LogP contribution is -2.20. The molecule has 0 saturated carbocycles. The lowest BCUT2D eigenvalue weighted by Gasteiger charge is -2.16. The molecule has 0 atom stereocenters. The van der Waals surface area contributed by atoms with Gasteiger partial charge in [-0.1, -0.05) is 19.8 Å². The van der Waals surface area contributed by atoms with Gasteiger partial charge in [-0.25, -0.2) is 9.97 Å². The van der Waals surface area contributed by atoms with E-state index in [1.807, 2.05) is 7.05 Å². The number of thiophene rings is 1. The van der Waals surface area contributed by atoms with Gasteiger partial charge in [0.25, 0.3) is 0 Å². The minimum Gasteiger partial charge on any atom is -0.372 e. The predicted octanol–water partition coefficient (Wildman–Crippen LogP) is 3.97. The zero-order chi connectivity index (χ0) is 15.4. The summed E-state index contributed by atoms with van der Waals surface area (Å²) in [7, 11) is 4.08. The third-order valence-corrected chi connectivity index (χ3v) is 4.97. The molecule has 0 aliphatic carbocycles. The van der Waals surface area contributed by atoms with Crippen molar-refractivity contribution in [3.8, 4) is 0 Å². The van der Waals surface area contributed by atoms with Crippen molar-refractivity contribution < 1.29 is 0 Å². The van der Waals surface area contributed by atoms with Crippen LogP contribution < -0.4 is 5.32 Å². The average Bonchev–Trinajstić information content (AvgIpc) is 2.73. The van der Waals surface area contributed by atoms with Crippen molar-refractivity contribution in [3.05, 3.63) is 16.3 Å². The van der Waals surface area contributed by atoms with Gasteiger partial charge in [0.05, 0.1) is 11.9 Å². The van der Waals surface area contributed by atoms with Gasteiger partial charge in [-0.2, -0.15) is 0 Å². The molecule has 0 saturated heterocycles. The molecule has 4 nitrogen and oxygen atoms in total. The fourth-order valence-corrected chi connectivity index (χ4v) is 3.55. The predicted molar refractivity (Wildman–Crippen MR) is 92.3 cm³/mol. The van der Waals surface area contributed by atoms with Gasteiger partial charge in [0.2, 0.25) is 0 Å². The number of unbranched alkanes of at least 4 members (excludes halogenated alkanes) is 2. The zero-order valence-electron chi connectivity index (χ0n) is 13.8. The largest absolute Gasteiger partial charge is 0.372 e. The molecule has 0 aliphatic heterocycles. The highest BCUT2D eigenvalue weighted by molar-refractivity contribution is 7.18. The second-order valence-electron chi connectivity index (χ2n) is 5.65. The highest BCUT2D eigenvalue weighted by Crippen LogP contribution is 2.33. The summed E-state index contributed by atoms with van der Waals surface area (Å²) in [5.41, 5.74) is 1.29. The maximum Gasteiger partial charge on any atom is 0.146 e.